The van der Waals surface area contributed by atoms with E-state index in [2.05, 4.69) is 183 Å². The third-order valence-electron chi connectivity index (χ3n) is 12.2. The first-order valence-electron chi connectivity index (χ1n) is 24.6. The summed E-state index contributed by atoms with van der Waals surface area (Å²) < 4.78 is 28.3. The van der Waals surface area contributed by atoms with Crippen LogP contribution in [0.25, 0.3) is 85.4 Å². The van der Waals surface area contributed by atoms with E-state index in [0.29, 0.717) is 26.4 Å². The van der Waals surface area contributed by atoms with Crippen molar-refractivity contribution in [2.24, 2.45) is 0 Å². The fourth-order valence-corrected chi connectivity index (χ4v) is 8.69. The molecule has 8 nitrogen and oxygen atoms in total. The van der Waals surface area contributed by atoms with Gasteiger partial charge in [0.15, 0.2) is 0 Å². The van der Waals surface area contributed by atoms with Crippen LogP contribution >= 0.6 is 0 Å². The Morgan fingerprint density at radius 2 is 0.868 bits per heavy atom. The van der Waals surface area contributed by atoms with Crippen LogP contribution in [-0.4, -0.2) is 45.9 Å². The molecular formula is C60H62N4O4. The van der Waals surface area contributed by atoms with Crippen molar-refractivity contribution in [1.82, 2.24) is 19.5 Å². The normalized spacial score (nSPS) is 11.8. The van der Waals surface area contributed by atoms with Crippen LogP contribution in [0.3, 0.4) is 0 Å². The van der Waals surface area contributed by atoms with Crippen molar-refractivity contribution in [1.29, 1.82) is 0 Å². The van der Waals surface area contributed by atoms with Gasteiger partial charge in [0.05, 0.1) is 60.2 Å². The molecule has 0 amide bonds. The van der Waals surface area contributed by atoms with Crippen molar-refractivity contribution in [2.45, 2.75) is 79.1 Å². The quantitative estimate of drug-likeness (QED) is 0.0767. The summed E-state index contributed by atoms with van der Waals surface area (Å²) in [4.78, 5) is 14.3. The Hall–Kier alpha value is -7.32. The van der Waals surface area contributed by atoms with Gasteiger partial charge in [-0.2, -0.15) is 0 Å². The topological polar surface area (TPSA) is 83.4 Å². The molecule has 3 aromatic heterocycles. The number of hydrogen-bond acceptors (Lipinski definition) is 6. The molecule has 4 aromatic carbocycles. The highest BCUT2D eigenvalue weighted by atomic mass is 16.5. The first kappa shape index (κ1) is 45.8. The molecule has 5 heterocycles. The number of benzene rings is 4. The molecular weight excluding hydrogens is 841 g/mol. The van der Waals surface area contributed by atoms with E-state index in [-0.39, 0.29) is 0 Å². The van der Waals surface area contributed by atoms with Crippen LogP contribution in [0.2, 0.25) is 0 Å². The Morgan fingerprint density at radius 3 is 1.40 bits per heavy atom. The average molecular weight is 903 g/mol. The summed E-state index contributed by atoms with van der Waals surface area (Å²) in [5.74, 6) is 3.23. The highest BCUT2D eigenvalue weighted by Gasteiger charge is 2.27. The maximum absolute atomic E-state index is 6.50. The summed E-state index contributed by atoms with van der Waals surface area (Å²) in [5.41, 5.74) is 14.0. The molecule has 0 spiro atoms. The lowest BCUT2D eigenvalue weighted by Crippen LogP contribution is -2.00. The summed E-state index contributed by atoms with van der Waals surface area (Å²) >= 11 is 0. The molecule has 346 valence electrons. The van der Waals surface area contributed by atoms with Crippen LogP contribution in [0.1, 0.15) is 102 Å². The zero-order chi connectivity index (χ0) is 46.7. The van der Waals surface area contributed by atoms with Gasteiger partial charge in [-0.25, -0.2) is 9.97 Å². The molecule has 0 aliphatic carbocycles. The molecule has 0 saturated heterocycles. The van der Waals surface area contributed by atoms with E-state index < -0.39 is 0 Å². The lowest BCUT2D eigenvalue weighted by Gasteiger charge is -2.16. The summed E-state index contributed by atoms with van der Waals surface area (Å²) in [6.07, 6.45) is 16.4. The van der Waals surface area contributed by atoms with Gasteiger partial charge in [-0.3, -0.25) is 0 Å². The molecule has 0 fully saturated rings. The summed E-state index contributed by atoms with van der Waals surface area (Å²) in [6.45, 7) is 11.3. The summed E-state index contributed by atoms with van der Waals surface area (Å²) in [6, 6.07) is 44.6. The van der Waals surface area contributed by atoms with Crippen LogP contribution in [0.5, 0.6) is 23.0 Å². The first-order chi connectivity index (χ1) is 33.5. The zero-order valence-corrected chi connectivity index (χ0v) is 39.9. The maximum atomic E-state index is 6.50. The second kappa shape index (κ2) is 22.0. The largest absolute Gasteiger partial charge is 0.494 e. The van der Waals surface area contributed by atoms with Gasteiger partial charge >= 0.3 is 0 Å². The van der Waals surface area contributed by atoms with Crippen LogP contribution in [0.15, 0.2) is 127 Å². The van der Waals surface area contributed by atoms with E-state index in [1.807, 2.05) is 6.07 Å². The Bertz CT molecular complexity index is 3100. The van der Waals surface area contributed by atoms with Crippen LogP contribution < -0.4 is 18.9 Å². The highest BCUT2D eigenvalue weighted by Crippen LogP contribution is 2.49. The zero-order valence-electron chi connectivity index (χ0n) is 39.9. The van der Waals surface area contributed by atoms with E-state index in [4.69, 9.17) is 28.9 Å². The van der Waals surface area contributed by atoms with Crippen molar-refractivity contribution in [3.05, 3.63) is 150 Å². The molecule has 8 heteroatoms. The van der Waals surface area contributed by atoms with E-state index in [1.165, 1.54) is 0 Å². The van der Waals surface area contributed by atoms with Crippen LogP contribution in [0, 0.1) is 0 Å². The van der Waals surface area contributed by atoms with Gasteiger partial charge in [0.2, 0.25) is 0 Å². The van der Waals surface area contributed by atoms with Gasteiger partial charge in [0.1, 0.15) is 23.0 Å². The second-order valence-corrected chi connectivity index (χ2v) is 17.4. The van der Waals surface area contributed by atoms with Crippen molar-refractivity contribution >= 4 is 46.4 Å². The number of rotatable bonds is 20. The molecule has 8 bridgehead atoms. The third-order valence-corrected chi connectivity index (χ3v) is 12.2. The van der Waals surface area contributed by atoms with E-state index in [0.717, 1.165) is 158 Å². The molecule has 68 heavy (non-hydrogen) atoms. The van der Waals surface area contributed by atoms with Gasteiger partial charge in [-0.15, -0.1) is 0 Å². The molecule has 0 unspecified atom stereocenters. The van der Waals surface area contributed by atoms with E-state index in [9.17, 15) is 0 Å². The monoisotopic (exact) mass is 902 g/mol. The van der Waals surface area contributed by atoms with Gasteiger partial charge in [-0.1, -0.05) is 95.8 Å². The summed E-state index contributed by atoms with van der Waals surface area (Å²) in [7, 11) is 0. The molecule has 0 atom stereocenters. The van der Waals surface area contributed by atoms with E-state index in [1.54, 1.807) is 0 Å². The molecule has 0 saturated carbocycles. The van der Waals surface area contributed by atoms with Gasteiger partial charge in [0, 0.05) is 39.5 Å². The van der Waals surface area contributed by atoms with Gasteiger partial charge < -0.3 is 28.5 Å². The predicted octanol–water partition coefficient (Wildman–Crippen LogP) is 15.8. The number of unbranched alkanes of at least 4 members (excludes halogenated alkanes) is 4. The number of hydrogen-bond donors (Lipinski definition) is 1. The third kappa shape index (κ3) is 10.6. The lowest BCUT2D eigenvalue weighted by molar-refractivity contribution is 0.309. The van der Waals surface area contributed by atoms with Crippen molar-refractivity contribution in [3.63, 3.8) is 0 Å². The molecule has 2 aliphatic heterocycles. The molecule has 0 radical (unpaired) electrons. The Kier molecular flexibility index (Phi) is 14.8. The number of aromatic nitrogens is 4. The SMILES string of the molecule is CCCCOc1cccc(-c2c(-c3cccc(OCCCC)c3)c3c(-c4cccc(OCCCC)c4)c4nc(cc5ccc(cc6nc(cc2n3-c2cccc(OCCCC)c2)C=C6)[nH]5)C=C4)c1. The van der Waals surface area contributed by atoms with E-state index >= 15 is 0 Å². The number of aromatic amines is 1. The number of nitrogens with zero attached hydrogens (tertiary/aromatic N) is 3. The van der Waals surface area contributed by atoms with Crippen LogP contribution in [0.4, 0.5) is 0 Å². The number of ether oxygens (including phenoxy) is 4. The minimum absolute atomic E-state index is 0.626. The predicted molar refractivity (Wildman–Crippen MR) is 282 cm³/mol. The standard InChI is InChI=1S/C60H62N4O4/c1-5-9-31-65-51-21-13-17-42(35-51)57-55-30-29-48(63-55)39-47-26-25-45(61-47)38-46-27-28-49(62-46)40-56-58(43-18-14-22-52(36-43)66-32-10-6-2)59(44-19-15-23-53(37-44)67-33-11-7-3)60(57)64(56)50-20-16-24-54(41-50)68-34-12-8-4/h13-30,35-41,61H,5-12,31-34H2,1-4H3. The van der Waals surface area contributed by atoms with Gasteiger partial charge in [0.25, 0.3) is 0 Å². The van der Waals surface area contributed by atoms with Crippen molar-refractivity contribution < 1.29 is 18.9 Å². The minimum Gasteiger partial charge on any atom is -0.494 e. The lowest BCUT2D eigenvalue weighted by atomic mass is 9.92. The van der Waals surface area contributed by atoms with Crippen molar-refractivity contribution in [2.75, 3.05) is 26.4 Å². The van der Waals surface area contributed by atoms with Crippen molar-refractivity contribution in [3.8, 4) is 62.1 Å². The number of nitrogens with one attached hydrogen (secondary N) is 1. The Labute approximate surface area is 401 Å². The minimum atomic E-state index is 0.626. The molecule has 7 aromatic rings. The fraction of sp³-hybridized carbons (Fsp3) is 0.267. The van der Waals surface area contributed by atoms with Gasteiger partial charge in [-0.05, 0) is 146 Å². The smallest absolute Gasteiger partial charge is 0.121 e. The fourth-order valence-electron chi connectivity index (χ4n) is 8.69. The number of H-pyrrole nitrogens is 1. The Morgan fingerprint density at radius 1 is 0.426 bits per heavy atom. The second-order valence-electron chi connectivity index (χ2n) is 17.4. The maximum Gasteiger partial charge on any atom is 0.121 e. The van der Waals surface area contributed by atoms with Crippen LogP contribution in [-0.2, 0) is 0 Å². The Balaban J connectivity index is 1.51. The first-order valence-corrected chi connectivity index (χ1v) is 24.6. The molecule has 1 N–H and O–H groups in total. The molecule has 9 rings (SSSR count). The molecule has 2 aliphatic rings. The number of fused-ring (bicyclic) bond motifs is 8. The summed E-state index contributed by atoms with van der Waals surface area (Å²) in [5, 5.41) is 0. The highest BCUT2D eigenvalue weighted by molar-refractivity contribution is 6.11. The average Bonchev–Trinajstić information content (AvgIpc) is 4.18.